The second kappa shape index (κ2) is 8.41. The molecule has 2 heterocycles. The van der Waals surface area contributed by atoms with Crippen LogP contribution in [0.15, 0.2) is 46.1 Å². The summed E-state index contributed by atoms with van der Waals surface area (Å²) < 4.78 is 4.93. The maximum Gasteiger partial charge on any atom is 0.193 e. The van der Waals surface area contributed by atoms with Crippen molar-refractivity contribution in [3.63, 3.8) is 0 Å². The highest BCUT2D eigenvalue weighted by molar-refractivity contribution is 14.0. The second-order valence-electron chi connectivity index (χ2n) is 7.94. The summed E-state index contributed by atoms with van der Waals surface area (Å²) in [4.78, 5) is 9.34. The molecule has 5 rings (SSSR count). The van der Waals surface area contributed by atoms with Crippen molar-refractivity contribution < 1.29 is 4.52 Å². The molecule has 28 heavy (non-hydrogen) atoms. The van der Waals surface area contributed by atoms with Crippen molar-refractivity contribution >= 4 is 29.9 Å². The van der Waals surface area contributed by atoms with Crippen molar-refractivity contribution in [3.05, 3.63) is 53.4 Å². The minimum Gasteiger partial charge on any atom is -0.364 e. The van der Waals surface area contributed by atoms with Gasteiger partial charge < -0.3 is 14.7 Å². The van der Waals surface area contributed by atoms with E-state index in [1.807, 2.05) is 13.1 Å². The quantitative estimate of drug-likeness (QED) is 0.403. The molecule has 1 aromatic carbocycles. The first kappa shape index (κ1) is 19.7. The van der Waals surface area contributed by atoms with Gasteiger partial charge in [0.05, 0.1) is 5.69 Å². The highest BCUT2D eigenvalue weighted by atomic mass is 127. The molecule has 1 aliphatic heterocycles. The van der Waals surface area contributed by atoms with E-state index in [2.05, 4.69) is 49.5 Å². The van der Waals surface area contributed by atoms with Crippen molar-refractivity contribution in [3.8, 4) is 0 Å². The van der Waals surface area contributed by atoms with Crippen molar-refractivity contribution in [2.45, 2.75) is 18.9 Å². The van der Waals surface area contributed by atoms with Crippen LogP contribution in [0.5, 0.6) is 0 Å². The molecule has 3 unspecified atom stereocenters. The molecule has 2 aromatic rings. The van der Waals surface area contributed by atoms with Gasteiger partial charge in [0.2, 0.25) is 0 Å². The lowest BCUT2D eigenvalue weighted by molar-refractivity contribution is 0.169. The second-order valence-corrected chi connectivity index (χ2v) is 7.94. The third-order valence-corrected chi connectivity index (χ3v) is 6.46. The smallest absolute Gasteiger partial charge is 0.193 e. The summed E-state index contributed by atoms with van der Waals surface area (Å²) in [6.45, 7) is 5.94. The molecule has 0 spiro atoms. The number of fused-ring (bicyclic) bond motifs is 3. The zero-order chi connectivity index (χ0) is 18.2. The summed E-state index contributed by atoms with van der Waals surface area (Å²) in [5, 5.41) is 7.66. The molecule has 1 saturated carbocycles. The van der Waals surface area contributed by atoms with Crippen LogP contribution in [0.4, 0.5) is 0 Å². The average molecular weight is 493 g/mol. The Labute approximate surface area is 183 Å². The minimum absolute atomic E-state index is 0. The fourth-order valence-electron chi connectivity index (χ4n) is 4.97. The number of benzene rings is 1. The highest BCUT2D eigenvalue weighted by Gasteiger charge is 2.55. The van der Waals surface area contributed by atoms with Crippen molar-refractivity contribution in [2.75, 3.05) is 39.8 Å². The van der Waals surface area contributed by atoms with Gasteiger partial charge in [0, 0.05) is 52.4 Å². The van der Waals surface area contributed by atoms with E-state index in [4.69, 9.17) is 4.52 Å². The molecule has 1 aromatic heterocycles. The van der Waals surface area contributed by atoms with Gasteiger partial charge in [-0.3, -0.25) is 9.89 Å². The van der Waals surface area contributed by atoms with Gasteiger partial charge in [0.1, 0.15) is 6.26 Å². The Balaban J connectivity index is 0.00000192. The van der Waals surface area contributed by atoms with E-state index in [1.165, 1.54) is 6.42 Å². The van der Waals surface area contributed by atoms with Crippen molar-refractivity contribution in [1.82, 2.24) is 20.3 Å². The fourth-order valence-corrected chi connectivity index (χ4v) is 4.97. The van der Waals surface area contributed by atoms with Crippen LogP contribution in [0, 0.1) is 11.8 Å². The molecule has 1 saturated heterocycles. The van der Waals surface area contributed by atoms with Crippen LogP contribution < -0.4 is 5.32 Å². The van der Waals surface area contributed by atoms with E-state index < -0.39 is 0 Å². The summed E-state index contributed by atoms with van der Waals surface area (Å²) in [6.07, 6.45) is 2.90. The van der Waals surface area contributed by atoms with Gasteiger partial charge in [-0.1, -0.05) is 29.4 Å². The summed E-state index contributed by atoms with van der Waals surface area (Å²) in [7, 11) is 1.90. The first-order valence-electron chi connectivity index (χ1n) is 9.98. The van der Waals surface area contributed by atoms with Crippen LogP contribution in [0.1, 0.15) is 22.7 Å². The number of nitrogens with one attached hydrogen (secondary N) is 1. The number of hydrogen-bond donors (Lipinski definition) is 1. The number of halogens is 1. The summed E-state index contributed by atoms with van der Waals surface area (Å²) >= 11 is 0. The molecule has 150 valence electrons. The number of aliphatic imine (C=N–C) groups is 1. The number of aromatic nitrogens is 1. The predicted molar refractivity (Wildman–Crippen MR) is 120 cm³/mol. The molecular formula is C21H28IN5O. The summed E-state index contributed by atoms with van der Waals surface area (Å²) in [6, 6.07) is 10.9. The molecule has 7 heteroatoms. The van der Waals surface area contributed by atoms with Crippen LogP contribution in [0.3, 0.4) is 0 Å². The maximum atomic E-state index is 4.93. The van der Waals surface area contributed by atoms with Gasteiger partial charge >= 0.3 is 0 Å². The Morgan fingerprint density at radius 2 is 2.04 bits per heavy atom. The first-order chi connectivity index (χ1) is 13.3. The molecule has 0 radical (unpaired) electrons. The van der Waals surface area contributed by atoms with Gasteiger partial charge in [0.15, 0.2) is 5.96 Å². The van der Waals surface area contributed by atoms with Crippen LogP contribution >= 0.6 is 24.0 Å². The van der Waals surface area contributed by atoms with Gasteiger partial charge in [-0.15, -0.1) is 24.0 Å². The van der Waals surface area contributed by atoms with Gasteiger partial charge in [0.25, 0.3) is 0 Å². The Morgan fingerprint density at radius 3 is 2.79 bits per heavy atom. The average Bonchev–Trinajstić information content (AvgIpc) is 3.03. The van der Waals surface area contributed by atoms with Crippen LogP contribution in [0.25, 0.3) is 0 Å². The van der Waals surface area contributed by atoms with E-state index in [0.717, 1.165) is 68.7 Å². The molecular weight excluding hydrogens is 465 g/mol. The Hall–Kier alpha value is -1.61. The van der Waals surface area contributed by atoms with Gasteiger partial charge in [-0.25, -0.2) is 0 Å². The van der Waals surface area contributed by atoms with Gasteiger partial charge in [-0.2, -0.15) is 0 Å². The number of nitrogens with zero attached hydrogens (tertiary/aromatic N) is 4. The van der Waals surface area contributed by atoms with Crippen molar-refractivity contribution in [2.24, 2.45) is 16.8 Å². The molecule has 6 nitrogen and oxygen atoms in total. The number of hydrogen-bond acceptors (Lipinski definition) is 4. The molecule has 2 fully saturated rings. The zero-order valence-corrected chi connectivity index (χ0v) is 18.6. The SMILES string of the molecule is CN=C(NCC1C2Cc3ccccc3C12)N1CCN(Cc2ccon2)CC1.I. The third kappa shape index (κ3) is 3.78. The fraction of sp³-hybridized carbons (Fsp3) is 0.524. The number of piperazine rings is 1. The molecule has 1 N–H and O–H groups in total. The van der Waals surface area contributed by atoms with Gasteiger partial charge in [-0.05, 0) is 35.3 Å². The monoisotopic (exact) mass is 493 g/mol. The largest absolute Gasteiger partial charge is 0.364 e. The minimum atomic E-state index is 0. The standard InChI is InChI=1S/C21H27N5O.HI/c1-22-21(26-9-7-25(8-10-26)14-16-6-11-27-24-16)23-13-19-18-12-15-4-2-3-5-17(15)20(18)19;/h2-6,11,18-20H,7-10,12-14H2,1H3,(H,22,23);1H. The highest BCUT2D eigenvalue weighted by Crippen LogP contribution is 2.60. The van der Waals surface area contributed by atoms with E-state index in [9.17, 15) is 0 Å². The lowest BCUT2D eigenvalue weighted by Gasteiger charge is -2.36. The maximum absolute atomic E-state index is 4.93. The third-order valence-electron chi connectivity index (χ3n) is 6.46. The molecule has 3 aliphatic rings. The topological polar surface area (TPSA) is 56.9 Å². The molecule has 2 aliphatic carbocycles. The Bertz CT molecular complexity index is 816. The Kier molecular flexibility index (Phi) is 5.91. The molecule has 0 bridgehead atoms. The Morgan fingerprint density at radius 1 is 1.21 bits per heavy atom. The molecule has 0 amide bonds. The van der Waals surface area contributed by atoms with Crippen LogP contribution in [-0.4, -0.2) is 60.7 Å². The van der Waals surface area contributed by atoms with E-state index in [-0.39, 0.29) is 24.0 Å². The van der Waals surface area contributed by atoms with E-state index in [0.29, 0.717) is 0 Å². The summed E-state index contributed by atoms with van der Waals surface area (Å²) in [5.74, 6) is 3.43. The number of rotatable bonds is 4. The first-order valence-corrected chi connectivity index (χ1v) is 9.98. The lowest BCUT2D eigenvalue weighted by Crippen LogP contribution is -2.52. The predicted octanol–water partition coefficient (Wildman–Crippen LogP) is 2.57. The molecule has 3 atom stereocenters. The zero-order valence-electron chi connectivity index (χ0n) is 16.3. The lowest BCUT2D eigenvalue weighted by atomic mass is 10.0. The van der Waals surface area contributed by atoms with E-state index in [1.54, 1.807) is 17.4 Å². The normalized spacial score (nSPS) is 26.4. The van der Waals surface area contributed by atoms with Crippen LogP contribution in [-0.2, 0) is 13.0 Å². The van der Waals surface area contributed by atoms with Crippen molar-refractivity contribution in [1.29, 1.82) is 0 Å². The van der Waals surface area contributed by atoms with Crippen LogP contribution in [0.2, 0.25) is 0 Å². The van der Waals surface area contributed by atoms with E-state index >= 15 is 0 Å². The number of guanidine groups is 1. The summed E-state index contributed by atoms with van der Waals surface area (Å²) in [5.41, 5.74) is 4.16.